The Morgan fingerprint density at radius 1 is 1.30 bits per heavy atom. The van der Waals surface area contributed by atoms with Crippen molar-refractivity contribution in [2.45, 2.75) is 12.1 Å². The van der Waals surface area contributed by atoms with E-state index in [0.29, 0.717) is 16.0 Å². The third-order valence-corrected chi connectivity index (χ3v) is 3.42. The van der Waals surface area contributed by atoms with E-state index >= 15 is 0 Å². The van der Waals surface area contributed by atoms with Crippen molar-refractivity contribution in [3.63, 3.8) is 0 Å². The van der Waals surface area contributed by atoms with Crippen LogP contribution in [0, 0.1) is 0 Å². The molecule has 1 N–H and O–H groups in total. The van der Waals surface area contributed by atoms with Gasteiger partial charge in [-0.2, -0.15) is 0 Å². The number of anilines is 1. The second kappa shape index (κ2) is 6.88. The monoisotopic (exact) mass is 328 g/mol. The largest absolute Gasteiger partial charge is 0.305 e. The lowest BCUT2D eigenvalue weighted by atomic mass is 10.3. The molecule has 20 heavy (non-hydrogen) atoms. The number of pyridine rings is 1. The average molecular weight is 329 g/mol. The zero-order valence-electron chi connectivity index (χ0n) is 10.4. The SMILES string of the molecule is CCSc1ncc(Cl)c(C(=O)Nc2ccc(Cl)cn2)n1. The Kier molecular flexibility index (Phi) is 5.17. The molecule has 0 atom stereocenters. The number of nitrogens with zero attached hydrogens (tertiary/aromatic N) is 3. The maximum absolute atomic E-state index is 12.1. The number of halogens is 2. The Morgan fingerprint density at radius 2 is 2.10 bits per heavy atom. The second-order valence-electron chi connectivity index (χ2n) is 3.60. The molecule has 0 radical (unpaired) electrons. The Labute approximate surface area is 130 Å². The molecule has 1 amide bonds. The number of nitrogens with one attached hydrogen (secondary N) is 1. The van der Waals surface area contributed by atoms with Gasteiger partial charge in [-0.1, -0.05) is 41.9 Å². The number of hydrogen-bond acceptors (Lipinski definition) is 5. The van der Waals surface area contributed by atoms with Gasteiger partial charge in [0.2, 0.25) is 0 Å². The predicted octanol–water partition coefficient (Wildman–Crippen LogP) is 3.54. The van der Waals surface area contributed by atoms with Gasteiger partial charge in [-0.3, -0.25) is 4.79 Å². The number of carbonyl (C=O) groups is 1. The summed E-state index contributed by atoms with van der Waals surface area (Å²) in [5.74, 6) is 0.741. The van der Waals surface area contributed by atoms with E-state index in [4.69, 9.17) is 23.2 Å². The fraction of sp³-hybridized carbons (Fsp3) is 0.167. The van der Waals surface area contributed by atoms with Crippen LogP contribution >= 0.6 is 35.0 Å². The molecule has 0 fully saturated rings. The minimum atomic E-state index is -0.440. The van der Waals surface area contributed by atoms with Gasteiger partial charge in [-0.15, -0.1) is 0 Å². The van der Waals surface area contributed by atoms with Crippen LogP contribution in [-0.2, 0) is 0 Å². The molecule has 0 bridgehead atoms. The molecule has 104 valence electrons. The molecule has 0 saturated heterocycles. The minimum absolute atomic E-state index is 0.120. The van der Waals surface area contributed by atoms with Gasteiger partial charge < -0.3 is 5.32 Å². The predicted molar refractivity (Wildman–Crippen MR) is 80.6 cm³/mol. The van der Waals surface area contributed by atoms with Crippen LogP contribution < -0.4 is 5.32 Å². The first-order chi connectivity index (χ1) is 9.60. The van der Waals surface area contributed by atoms with Crippen LogP contribution in [0.3, 0.4) is 0 Å². The Morgan fingerprint density at radius 3 is 2.75 bits per heavy atom. The lowest BCUT2D eigenvalue weighted by Crippen LogP contribution is -2.16. The fourth-order valence-corrected chi connectivity index (χ4v) is 2.16. The average Bonchev–Trinajstić information content (AvgIpc) is 2.43. The summed E-state index contributed by atoms with van der Waals surface area (Å²) in [5, 5.41) is 3.79. The van der Waals surface area contributed by atoms with Crippen LogP contribution in [0.15, 0.2) is 29.7 Å². The van der Waals surface area contributed by atoms with E-state index in [1.54, 1.807) is 12.1 Å². The molecule has 2 aromatic rings. The molecule has 8 heteroatoms. The van der Waals surface area contributed by atoms with Crippen LogP contribution in [-0.4, -0.2) is 26.6 Å². The second-order valence-corrected chi connectivity index (χ2v) is 5.67. The summed E-state index contributed by atoms with van der Waals surface area (Å²) in [5.41, 5.74) is 0.120. The van der Waals surface area contributed by atoms with Crippen molar-refractivity contribution in [1.29, 1.82) is 0 Å². The van der Waals surface area contributed by atoms with Crippen LogP contribution in [0.4, 0.5) is 5.82 Å². The van der Waals surface area contributed by atoms with E-state index in [2.05, 4.69) is 20.3 Å². The summed E-state index contributed by atoms with van der Waals surface area (Å²) < 4.78 is 0. The van der Waals surface area contributed by atoms with Crippen LogP contribution in [0.1, 0.15) is 17.4 Å². The van der Waals surface area contributed by atoms with E-state index in [-0.39, 0.29) is 10.7 Å². The molecule has 0 aliphatic heterocycles. The third-order valence-electron chi connectivity index (χ3n) is 2.18. The van der Waals surface area contributed by atoms with Crippen LogP contribution in [0.5, 0.6) is 0 Å². The van der Waals surface area contributed by atoms with Crippen molar-refractivity contribution < 1.29 is 4.79 Å². The van der Waals surface area contributed by atoms with Crippen molar-refractivity contribution in [2.24, 2.45) is 0 Å². The molecule has 0 aliphatic rings. The lowest BCUT2D eigenvalue weighted by Gasteiger charge is -2.06. The van der Waals surface area contributed by atoms with Gasteiger partial charge in [0.1, 0.15) is 5.82 Å². The Hall–Kier alpha value is -1.37. The van der Waals surface area contributed by atoms with Gasteiger partial charge >= 0.3 is 0 Å². The number of thioether (sulfide) groups is 1. The van der Waals surface area contributed by atoms with Gasteiger partial charge in [0.05, 0.1) is 16.2 Å². The fourth-order valence-electron chi connectivity index (χ4n) is 1.33. The quantitative estimate of drug-likeness (QED) is 0.686. The van der Waals surface area contributed by atoms with Gasteiger partial charge in [0.25, 0.3) is 5.91 Å². The topological polar surface area (TPSA) is 67.8 Å². The summed E-state index contributed by atoms with van der Waals surface area (Å²) >= 11 is 13.1. The number of rotatable bonds is 4. The highest BCUT2D eigenvalue weighted by molar-refractivity contribution is 7.99. The van der Waals surface area contributed by atoms with E-state index < -0.39 is 5.91 Å². The van der Waals surface area contributed by atoms with E-state index in [0.717, 1.165) is 5.75 Å². The van der Waals surface area contributed by atoms with Crippen molar-refractivity contribution in [3.8, 4) is 0 Å². The molecule has 5 nitrogen and oxygen atoms in total. The van der Waals surface area contributed by atoms with Crippen molar-refractivity contribution in [1.82, 2.24) is 15.0 Å². The lowest BCUT2D eigenvalue weighted by molar-refractivity contribution is 0.102. The first kappa shape index (κ1) is 15.0. The van der Waals surface area contributed by atoms with Gasteiger partial charge in [-0.25, -0.2) is 15.0 Å². The zero-order valence-corrected chi connectivity index (χ0v) is 12.8. The third kappa shape index (κ3) is 3.82. The maximum Gasteiger partial charge on any atom is 0.277 e. The molecular weight excluding hydrogens is 319 g/mol. The van der Waals surface area contributed by atoms with Crippen molar-refractivity contribution >= 4 is 46.7 Å². The molecule has 0 aliphatic carbocycles. The summed E-state index contributed by atoms with van der Waals surface area (Å²) in [6.07, 6.45) is 2.86. The van der Waals surface area contributed by atoms with Crippen molar-refractivity contribution in [3.05, 3.63) is 40.3 Å². The molecule has 2 rings (SSSR count). The van der Waals surface area contributed by atoms with Crippen molar-refractivity contribution in [2.75, 3.05) is 11.1 Å². The minimum Gasteiger partial charge on any atom is -0.305 e. The molecule has 2 aromatic heterocycles. The summed E-state index contributed by atoms with van der Waals surface area (Å²) in [6, 6.07) is 3.22. The smallest absolute Gasteiger partial charge is 0.277 e. The highest BCUT2D eigenvalue weighted by Crippen LogP contribution is 2.19. The Balaban J connectivity index is 2.19. The standard InChI is InChI=1S/C12H10Cl2N4OS/c1-2-20-12-16-6-8(14)10(18-12)11(19)17-9-4-3-7(13)5-15-9/h3-6H,2H2,1H3,(H,15,17,19). The van der Waals surface area contributed by atoms with E-state index in [9.17, 15) is 4.79 Å². The first-order valence-corrected chi connectivity index (χ1v) is 7.42. The van der Waals surface area contributed by atoms with E-state index in [1.165, 1.54) is 24.2 Å². The molecule has 2 heterocycles. The normalized spacial score (nSPS) is 10.3. The maximum atomic E-state index is 12.1. The first-order valence-electron chi connectivity index (χ1n) is 5.68. The summed E-state index contributed by atoms with van der Waals surface area (Å²) in [7, 11) is 0. The van der Waals surface area contributed by atoms with Gasteiger partial charge in [-0.05, 0) is 17.9 Å². The number of amides is 1. The molecule has 0 aromatic carbocycles. The highest BCUT2D eigenvalue weighted by atomic mass is 35.5. The van der Waals surface area contributed by atoms with Crippen LogP contribution in [0.2, 0.25) is 10.0 Å². The number of carbonyl (C=O) groups excluding carboxylic acids is 1. The summed E-state index contributed by atoms with van der Waals surface area (Å²) in [4.78, 5) is 24.3. The molecule has 0 spiro atoms. The zero-order chi connectivity index (χ0) is 14.5. The Bertz CT molecular complexity index is 621. The molecule has 0 saturated carbocycles. The number of hydrogen-bond donors (Lipinski definition) is 1. The number of aromatic nitrogens is 3. The van der Waals surface area contributed by atoms with Gasteiger partial charge in [0, 0.05) is 6.20 Å². The van der Waals surface area contributed by atoms with Crippen LogP contribution in [0.25, 0.3) is 0 Å². The highest BCUT2D eigenvalue weighted by Gasteiger charge is 2.15. The molecule has 0 unspecified atom stereocenters. The summed E-state index contributed by atoms with van der Waals surface area (Å²) in [6.45, 7) is 1.97. The van der Waals surface area contributed by atoms with E-state index in [1.807, 2.05) is 6.92 Å². The molecular formula is C12H10Cl2N4OS. The van der Waals surface area contributed by atoms with Gasteiger partial charge in [0.15, 0.2) is 10.9 Å².